The zero-order valence-corrected chi connectivity index (χ0v) is 23.8. The van der Waals surface area contributed by atoms with Crippen molar-refractivity contribution in [2.24, 2.45) is 0 Å². The minimum absolute atomic E-state index is 0.0732. The number of hydrogen-bond acceptors (Lipinski definition) is 8. The van der Waals surface area contributed by atoms with E-state index in [4.69, 9.17) is 13.9 Å². The molecule has 1 aromatic carbocycles. The van der Waals surface area contributed by atoms with Crippen LogP contribution in [0.2, 0.25) is 0 Å². The lowest BCUT2D eigenvalue weighted by molar-refractivity contribution is -0.0564. The Morgan fingerprint density at radius 1 is 1.18 bits per heavy atom. The Morgan fingerprint density at radius 2 is 1.90 bits per heavy atom. The average molecular weight is 554 g/mol. The lowest BCUT2D eigenvalue weighted by atomic mass is 9.94. The Kier molecular flexibility index (Phi) is 7.54. The van der Waals surface area contributed by atoms with Crippen molar-refractivity contribution in [2.45, 2.75) is 83.8 Å². The highest BCUT2D eigenvalue weighted by atomic mass is 32.1. The summed E-state index contributed by atoms with van der Waals surface area (Å²) in [6, 6.07) is 7.64. The first-order valence-corrected chi connectivity index (χ1v) is 14.1. The van der Waals surface area contributed by atoms with Gasteiger partial charge in [0.15, 0.2) is 0 Å². The second kappa shape index (κ2) is 10.7. The van der Waals surface area contributed by atoms with Gasteiger partial charge in [-0.15, -0.1) is 11.3 Å². The fourth-order valence-electron chi connectivity index (χ4n) is 5.37. The van der Waals surface area contributed by atoms with Gasteiger partial charge in [0, 0.05) is 11.1 Å². The van der Waals surface area contributed by atoms with E-state index in [1.165, 1.54) is 22.2 Å². The summed E-state index contributed by atoms with van der Waals surface area (Å²) in [7, 11) is 1.61. The number of thiophene rings is 1. The molecule has 0 aliphatic heterocycles. The van der Waals surface area contributed by atoms with Gasteiger partial charge in [-0.25, -0.2) is 9.78 Å². The first-order chi connectivity index (χ1) is 18.6. The molecular formula is C29H35N3O6S. The van der Waals surface area contributed by atoms with Crippen LogP contribution < -0.4 is 16.0 Å². The van der Waals surface area contributed by atoms with Crippen molar-refractivity contribution in [1.82, 2.24) is 14.1 Å². The summed E-state index contributed by atoms with van der Waals surface area (Å²) in [5, 5.41) is 10.5. The number of hydrogen-bond donors (Lipinski definition) is 1. The number of fused-ring (bicyclic) bond motifs is 1. The fraction of sp³-hybridized carbons (Fsp3) is 0.483. The third kappa shape index (κ3) is 5.20. The van der Waals surface area contributed by atoms with Crippen LogP contribution in [0, 0.1) is 6.92 Å². The van der Waals surface area contributed by atoms with Crippen LogP contribution in [0.4, 0.5) is 0 Å². The Bertz CT molecular complexity index is 1570. The maximum Gasteiger partial charge on any atom is 0.332 e. The number of aliphatic hydroxyl groups excluding tert-OH is 1. The third-order valence-electron chi connectivity index (χ3n) is 7.34. The van der Waals surface area contributed by atoms with Gasteiger partial charge in [0.2, 0.25) is 5.89 Å². The number of nitrogens with zero attached hydrogens (tertiary/aromatic N) is 3. The number of aryl methyl sites for hydroxylation is 1. The number of oxazole rings is 1. The van der Waals surface area contributed by atoms with E-state index < -0.39 is 17.3 Å². The molecule has 1 saturated carbocycles. The van der Waals surface area contributed by atoms with Crippen LogP contribution >= 0.6 is 11.3 Å². The SMILES string of the molecule is COc1ccccc1[C@H](Cn1c(=O)n(C(C)(C)C)c(=O)c2c(C)c(-c3ncco3)sc21)OC1CCC(O)CC1. The van der Waals surface area contributed by atoms with E-state index in [-0.39, 0.29) is 24.3 Å². The van der Waals surface area contributed by atoms with Crippen molar-refractivity contribution in [3.8, 4) is 16.5 Å². The summed E-state index contributed by atoms with van der Waals surface area (Å²) in [4.78, 5) is 33.4. The van der Waals surface area contributed by atoms with E-state index in [1.807, 2.05) is 52.0 Å². The molecule has 3 aromatic heterocycles. The lowest BCUT2D eigenvalue weighted by Gasteiger charge is -2.31. The van der Waals surface area contributed by atoms with Gasteiger partial charge in [-0.2, -0.15) is 0 Å². The van der Waals surface area contributed by atoms with Crippen LogP contribution in [0.5, 0.6) is 5.75 Å². The molecule has 1 fully saturated rings. The van der Waals surface area contributed by atoms with Crippen LogP contribution in [0.3, 0.4) is 0 Å². The van der Waals surface area contributed by atoms with Gasteiger partial charge in [0.05, 0.1) is 42.3 Å². The van der Waals surface area contributed by atoms with Gasteiger partial charge in [-0.1, -0.05) is 18.2 Å². The van der Waals surface area contributed by atoms with Crippen LogP contribution in [-0.2, 0) is 16.8 Å². The van der Waals surface area contributed by atoms with Crippen molar-refractivity contribution in [1.29, 1.82) is 0 Å². The van der Waals surface area contributed by atoms with Crippen molar-refractivity contribution >= 4 is 21.6 Å². The number of para-hydroxylation sites is 1. The zero-order chi connectivity index (χ0) is 27.9. The van der Waals surface area contributed by atoms with Gasteiger partial charge < -0.3 is 19.0 Å². The number of rotatable bonds is 7. The van der Waals surface area contributed by atoms with E-state index in [0.717, 1.165) is 24.0 Å². The number of aromatic nitrogens is 3. The highest BCUT2D eigenvalue weighted by molar-refractivity contribution is 7.22. The molecule has 3 heterocycles. The van der Waals surface area contributed by atoms with Crippen LogP contribution in [0.25, 0.3) is 21.0 Å². The molecule has 9 nitrogen and oxygen atoms in total. The molecule has 208 valence electrons. The second-order valence-corrected chi connectivity index (χ2v) is 12.1. The molecule has 1 aliphatic rings. The van der Waals surface area contributed by atoms with E-state index in [2.05, 4.69) is 4.98 Å². The van der Waals surface area contributed by atoms with E-state index in [9.17, 15) is 14.7 Å². The highest BCUT2D eigenvalue weighted by Crippen LogP contribution is 2.38. The van der Waals surface area contributed by atoms with Crippen LogP contribution in [0.15, 0.2) is 50.7 Å². The Morgan fingerprint density at radius 3 is 2.54 bits per heavy atom. The van der Waals surface area contributed by atoms with Crippen molar-refractivity contribution < 1.29 is 19.0 Å². The predicted octanol–water partition coefficient (Wildman–Crippen LogP) is 5.01. The molecule has 5 rings (SSSR count). The summed E-state index contributed by atoms with van der Waals surface area (Å²) < 4.78 is 20.9. The van der Waals surface area contributed by atoms with Crippen molar-refractivity contribution in [3.05, 3.63) is 68.7 Å². The normalized spacial score (nSPS) is 18.9. The topological polar surface area (TPSA) is 109 Å². The molecule has 0 saturated heterocycles. The molecule has 0 spiro atoms. The van der Waals surface area contributed by atoms with Crippen LogP contribution in [-0.4, -0.2) is 38.5 Å². The first kappa shape index (κ1) is 27.4. The summed E-state index contributed by atoms with van der Waals surface area (Å²) >= 11 is 1.32. The van der Waals surface area contributed by atoms with E-state index in [0.29, 0.717) is 39.6 Å². The fourth-order valence-corrected chi connectivity index (χ4v) is 6.61. The smallest absolute Gasteiger partial charge is 0.332 e. The van der Waals surface area contributed by atoms with Gasteiger partial charge in [0.1, 0.15) is 22.9 Å². The first-order valence-electron chi connectivity index (χ1n) is 13.3. The molecule has 0 unspecified atom stereocenters. The highest BCUT2D eigenvalue weighted by Gasteiger charge is 2.31. The molecule has 0 amide bonds. The van der Waals surface area contributed by atoms with Gasteiger partial charge >= 0.3 is 5.69 Å². The third-order valence-corrected chi connectivity index (χ3v) is 8.65. The quantitative estimate of drug-likeness (QED) is 0.343. The number of methoxy groups -OCH3 is 1. The molecule has 1 atom stereocenters. The summed E-state index contributed by atoms with van der Waals surface area (Å²) in [5.41, 5.74) is 0.0669. The zero-order valence-electron chi connectivity index (χ0n) is 23.0. The minimum atomic E-state index is -0.748. The maximum absolute atomic E-state index is 14.1. The molecule has 4 aromatic rings. The van der Waals surface area contributed by atoms with E-state index in [1.54, 1.807) is 17.9 Å². The van der Waals surface area contributed by atoms with Gasteiger partial charge in [0.25, 0.3) is 5.56 Å². The van der Waals surface area contributed by atoms with Crippen molar-refractivity contribution in [2.75, 3.05) is 7.11 Å². The standard InChI is InChI=1S/C29H35N3O6S/c1-17-23-26(34)32(29(2,3)4)28(35)31(27(23)39-24(17)25-30-14-15-37-25)16-22(20-8-6-7-9-21(20)36-5)38-19-12-10-18(33)11-13-19/h6-9,14-15,18-19,22,33H,10-13,16H2,1-5H3/t18?,19?,22-/m0/s1. The number of aliphatic hydroxyl groups is 1. The summed E-state index contributed by atoms with van der Waals surface area (Å²) in [5.74, 6) is 1.07. The summed E-state index contributed by atoms with van der Waals surface area (Å²) in [6.45, 7) is 7.60. The van der Waals surface area contributed by atoms with Gasteiger partial charge in [-0.05, 0) is 65.0 Å². The summed E-state index contributed by atoms with van der Waals surface area (Å²) in [6.07, 6.45) is 4.94. The molecule has 0 bridgehead atoms. The predicted molar refractivity (Wildman–Crippen MR) is 151 cm³/mol. The van der Waals surface area contributed by atoms with Crippen LogP contribution in [0.1, 0.15) is 63.7 Å². The molecule has 1 N–H and O–H groups in total. The Labute approximate surface area is 230 Å². The number of benzene rings is 1. The maximum atomic E-state index is 14.1. The molecular weight excluding hydrogens is 518 g/mol. The molecule has 0 radical (unpaired) electrons. The Balaban J connectivity index is 1.71. The molecule has 10 heteroatoms. The molecule has 39 heavy (non-hydrogen) atoms. The average Bonchev–Trinajstić information content (AvgIpc) is 3.54. The minimum Gasteiger partial charge on any atom is -0.496 e. The van der Waals surface area contributed by atoms with Crippen molar-refractivity contribution in [3.63, 3.8) is 0 Å². The second-order valence-electron chi connectivity index (χ2n) is 11.1. The van der Waals surface area contributed by atoms with Gasteiger partial charge in [-0.3, -0.25) is 13.9 Å². The van der Waals surface area contributed by atoms with E-state index >= 15 is 0 Å². The Hall–Kier alpha value is -3.21. The lowest BCUT2D eigenvalue weighted by Crippen LogP contribution is -2.48. The number of ether oxygens (including phenoxy) is 2. The largest absolute Gasteiger partial charge is 0.496 e. The molecule has 1 aliphatic carbocycles. The monoisotopic (exact) mass is 553 g/mol.